The molecular formula is C17H14. The maximum Gasteiger partial charge on any atom is 0.0248 e. The van der Waals surface area contributed by atoms with Gasteiger partial charge in [0.1, 0.15) is 0 Å². The summed E-state index contributed by atoms with van der Waals surface area (Å²) in [5, 5.41) is 0. The third-order valence-electron chi connectivity index (χ3n) is 3.75. The van der Waals surface area contributed by atoms with Gasteiger partial charge in [-0.2, -0.15) is 0 Å². The molecule has 0 radical (unpaired) electrons. The maximum absolute atomic E-state index is 5.48. The lowest BCUT2D eigenvalue weighted by Gasteiger charge is -2.21. The van der Waals surface area contributed by atoms with E-state index in [2.05, 4.69) is 56.2 Å². The van der Waals surface area contributed by atoms with Crippen molar-refractivity contribution in [3.05, 3.63) is 59.2 Å². The molecule has 0 saturated carbocycles. The third-order valence-corrected chi connectivity index (χ3v) is 3.75. The highest BCUT2D eigenvalue weighted by Gasteiger charge is 2.34. The van der Waals surface area contributed by atoms with Gasteiger partial charge < -0.3 is 0 Å². The second-order valence-electron chi connectivity index (χ2n) is 5.08. The van der Waals surface area contributed by atoms with Crippen LogP contribution in [-0.4, -0.2) is 0 Å². The van der Waals surface area contributed by atoms with Gasteiger partial charge in [0.25, 0.3) is 0 Å². The van der Waals surface area contributed by atoms with E-state index in [4.69, 9.17) is 6.42 Å². The van der Waals surface area contributed by atoms with Crippen molar-refractivity contribution >= 4 is 0 Å². The lowest BCUT2D eigenvalue weighted by Crippen LogP contribution is -2.14. The Morgan fingerprint density at radius 1 is 0.941 bits per heavy atom. The summed E-state index contributed by atoms with van der Waals surface area (Å²) >= 11 is 0. The molecule has 0 aromatic heterocycles. The Morgan fingerprint density at radius 2 is 1.65 bits per heavy atom. The monoisotopic (exact) mass is 218 g/mol. The fourth-order valence-corrected chi connectivity index (χ4v) is 2.81. The average molecular weight is 218 g/mol. The van der Waals surface area contributed by atoms with Crippen LogP contribution in [0, 0.1) is 12.3 Å². The lowest BCUT2D eigenvalue weighted by atomic mass is 9.82. The minimum atomic E-state index is 0.0824. The fourth-order valence-electron chi connectivity index (χ4n) is 2.81. The van der Waals surface area contributed by atoms with Gasteiger partial charge in [0, 0.05) is 11.0 Å². The first kappa shape index (κ1) is 10.2. The van der Waals surface area contributed by atoms with Gasteiger partial charge in [-0.3, -0.25) is 0 Å². The van der Waals surface area contributed by atoms with Gasteiger partial charge in [-0.15, -0.1) is 6.42 Å². The summed E-state index contributed by atoms with van der Waals surface area (Å²) in [6.45, 7) is 4.54. The molecule has 82 valence electrons. The molecule has 3 rings (SSSR count). The van der Waals surface area contributed by atoms with Crippen molar-refractivity contribution in [3.8, 4) is 23.5 Å². The van der Waals surface area contributed by atoms with E-state index >= 15 is 0 Å². The van der Waals surface area contributed by atoms with Gasteiger partial charge in [0.2, 0.25) is 0 Å². The SMILES string of the molecule is C#Cc1ccc2c(c1)-c1ccccc1C2(C)C. The second-order valence-corrected chi connectivity index (χ2v) is 5.08. The Labute approximate surface area is 102 Å². The molecule has 0 N–H and O–H groups in total. The molecule has 0 saturated heterocycles. The molecule has 1 aliphatic rings. The molecule has 0 unspecified atom stereocenters. The van der Waals surface area contributed by atoms with Gasteiger partial charge in [0.05, 0.1) is 0 Å². The molecule has 0 nitrogen and oxygen atoms in total. The van der Waals surface area contributed by atoms with E-state index in [1.165, 1.54) is 22.3 Å². The van der Waals surface area contributed by atoms with E-state index in [1.807, 2.05) is 6.07 Å². The van der Waals surface area contributed by atoms with Crippen LogP contribution < -0.4 is 0 Å². The van der Waals surface area contributed by atoms with Crippen LogP contribution in [-0.2, 0) is 5.41 Å². The zero-order valence-corrected chi connectivity index (χ0v) is 10.1. The van der Waals surface area contributed by atoms with Gasteiger partial charge >= 0.3 is 0 Å². The highest BCUT2D eigenvalue weighted by Crippen LogP contribution is 2.48. The van der Waals surface area contributed by atoms with Gasteiger partial charge in [0.15, 0.2) is 0 Å². The standard InChI is InChI=1S/C17H14/c1-4-12-9-10-16-14(11-12)13-7-5-6-8-15(13)17(16,2)3/h1,5-11H,2-3H3. The first-order valence-corrected chi connectivity index (χ1v) is 5.85. The zero-order chi connectivity index (χ0) is 12.0. The molecule has 0 atom stereocenters. The zero-order valence-electron chi connectivity index (χ0n) is 10.1. The molecule has 0 aliphatic heterocycles. The molecule has 17 heavy (non-hydrogen) atoms. The smallest absolute Gasteiger partial charge is 0.0248 e. The van der Waals surface area contributed by atoms with Crippen LogP contribution in [0.5, 0.6) is 0 Å². The molecule has 0 heteroatoms. The van der Waals surface area contributed by atoms with Crippen LogP contribution in [0.2, 0.25) is 0 Å². The summed E-state index contributed by atoms with van der Waals surface area (Å²) in [6.07, 6.45) is 5.48. The highest BCUT2D eigenvalue weighted by atomic mass is 14.4. The Morgan fingerprint density at radius 3 is 2.41 bits per heavy atom. The normalized spacial score (nSPS) is 14.9. The summed E-state index contributed by atoms with van der Waals surface area (Å²) in [4.78, 5) is 0. The first-order valence-electron chi connectivity index (χ1n) is 5.85. The Kier molecular flexibility index (Phi) is 1.94. The minimum Gasteiger partial charge on any atom is -0.115 e. The van der Waals surface area contributed by atoms with E-state index < -0.39 is 0 Å². The number of terminal acetylenes is 1. The fraction of sp³-hybridized carbons (Fsp3) is 0.176. The van der Waals surface area contributed by atoms with Gasteiger partial charge in [-0.05, 0) is 34.4 Å². The molecule has 0 bridgehead atoms. The summed E-state index contributed by atoms with van der Waals surface area (Å²) in [5.74, 6) is 2.71. The molecular weight excluding hydrogens is 204 g/mol. The number of hydrogen-bond donors (Lipinski definition) is 0. The third kappa shape index (κ3) is 1.26. The van der Waals surface area contributed by atoms with Crippen molar-refractivity contribution in [2.75, 3.05) is 0 Å². The predicted octanol–water partition coefficient (Wildman–Crippen LogP) is 3.97. The molecule has 0 spiro atoms. The largest absolute Gasteiger partial charge is 0.115 e. The lowest BCUT2D eigenvalue weighted by molar-refractivity contribution is 0.660. The van der Waals surface area contributed by atoms with Crippen molar-refractivity contribution in [3.63, 3.8) is 0 Å². The second kappa shape index (κ2) is 3.25. The topological polar surface area (TPSA) is 0 Å². The van der Waals surface area contributed by atoms with Gasteiger partial charge in [-0.25, -0.2) is 0 Å². The van der Waals surface area contributed by atoms with Crippen molar-refractivity contribution in [2.24, 2.45) is 0 Å². The van der Waals surface area contributed by atoms with E-state index in [-0.39, 0.29) is 5.41 Å². The van der Waals surface area contributed by atoms with Crippen LogP contribution >= 0.6 is 0 Å². The van der Waals surface area contributed by atoms with Crippen LogP contribution in [0.15, 0.2) is 42.5 Å². The Hall–Kier alpha value is -2.00. The minimum absolute atomic E-state index is 0.0824. The van der Waals surface area contributed by atoms with Crippen LogP contribution in [0.3, 0.4) is 0 Å². The molecule has 2 aromatic rings. The molecule has 0 heterocycles. The molecule has 1 aliphatic carbocycles. The van der Waals surface area contributed by atoms with E-state index in [0.717, 1.165) is 5.56 Å². The van der Waals surface area contributed by atoms with E-state index in [0.29, 0.717) is 0 Å². The van der Waals surface area contributed by atoms with Crippen molar-refractivity contribution in [1.29, 1.82) is 0 Å². The summed E-state index contributed by atoms with van der Waals surface area (Å²) in [7, 11) is 0. The van der Waals surface area contributed by atoms with Crippen LogP contribution in [0.1, 0.15) is 30.5 Å². The number of benzene rings is 2. The Balaban J connectivity index is 2.38. The molecule has 2 aromatic carbocycles. The predicted molar refractivity (Wildman–Crippen MR) is 71.9 cm³/mol. The quantitative estimate of drug-likeness (QED) is 0.587. The van der Waals surface area contributed by atoms with Crippen molar-refractivity contribution in [1.82, 2.24) is 0 Å². The van der Waals surface area contributed by atoms with Crippen molar-refractivity contribution < 1.29 is 0 Å². The number of rotatable bonds is 0. The van der Waals surface area contributed by atoms with Gasteiger partial charge in [-0.1, -0.05) is 50.1 Å². The number of hydrogen-bond acceptors (Lipinski definition) is 0. The van der Waals surface area contributed by atoms with Crippen LogP contribution in [0.25, 0.3) is 11.1 Å². The summed E-state index contributed by atoms with van der Waals surface area (Å²) in [5.41, 5.74) is 6.42. The summed E-state index contributed by atoms with van der Waals surface area (Å²) in [6, 6.07) is 14.9. The maximum atomic E-state index is 5.48. The first-order chi connectivity index (χ1) is 8.14. The van der Waals surface area contributed by atoms with E-state index in [9.17, 15) is 0 Å². The highest BCUT2D eigenvalue weighted by molar-refractivity contribution is 5.81. The Bertz CT molecular complexity index is 639. The average Bonchev–Trinajstić information content (AvgIpc) is 2.59. The molecule has 0 amide bonds. The van der Waals surface area contributed by atoms with Crippen molar-refractivity contribution in [2.45, 2.75) is 19.3 Å². The van der Waals surface area contributed by atoms with E-state index in [1.54, 1.807) is 0 Å². The number of fused-ring (bicyclic) bond motifs is 3. The summed E-state index contributed by atoms with van der Waals surface area (Å²) < 4.78 is 0. The van der Waals surface area contributed by atoms with Crippen LogP contribution in [0.4, 0.5) is 0 Å². The molecule has 0 fully saturated rings.